The Morgan fingerprint density at radius 1 is 1.12 bits per heavy atom. The minimum Gasteiger partial charge on any atom is -0.354 e. The standard InChI is InChI=1S/C20H34N2O3S/c1-6-9-10-17(7-2)15-21-20(23)19(8-3)22(26(5,24)25)18-13-11-16(4)12-14-18/h11-14,17,19H,6-10,15H2,1-5H3,(H,21,23)/t17-,19-/m0/s1. The maximum Gasteiger partial charge on any atom is 0.243 e. The average Bonchev–Trinajstić information content (AvgIpc) is 2.59. The van der Waals surface area contributed by atoms with E-state index in [2.05, 4.69) is 19.2 Å². The van der Waals surface area contributed by atoms with E-state index in [0.29, 0.717) is 24.6 Å². The number of amides is 1. The fraction of sp³-hybridized carbons (Fsp3) is 0.650. The molecule has 0 aliphatic carbocycles. The molecule has 6 heteroatoms. The van der Waals surface area contributed by atoms with Crippen LogP contribution in [0, 0.1) is 12.8 Å². The van der Waals surface area contributed by atoms with Crippen molar-refractivity contribution in [3.8, 4) is 0 Å². The highest BCUT2D eigenvalue weighted by molar-refractivity contribution is 7.92. The Balaban J connectivity index is 2.96. The van der Waals surface area contributed by atoms with E-state index in [0.717, 1.165) is 37.5 Å². The molecule has 148 valence electrons. The third-order valence-corrected chi connectivity index (χ3v) is 5.91. The lowest BCUT2D eigenvalue weighted by atomic mass is 9.99. The minimum absolute atomic E-state index is 0.228. The van der Waals surface area contributed by atoms with Gasteiger partial charge in [-0.1, -0.05) is 57.7 Å². The Kier molecular flexibility index (Phi) is 9.13. The number of unbranched alkanes of at least 4 members (excludes halogenated alkanes) is 1. The summed E-state index contributed by atoms with van der Waals surface area (Å²) in [6.07, 6.45) is 5.93. The van der Waals surface area contributed by atoms with E-state index in [4.69, 9.17) is 0 Å². The van der Waals surface area contributed by atoms with Gasteiger partial charge in [-0.25, -0.2) is 8.42 Å². The number of aryl methyl sites for hydroxylation is 1. The normalized spacial score (nSPS) is 13.9. The summed E-state index contributed by atoms with van der Waals surface area (Å²) in [5.74, 6) is 0.205. The lowest BCUT2D eigenvalue weighted by Crippen LogP contribution is -2.50. The number of sulfonamides is 1. The zero-order valence-electron chi connectivity index (χ0n) is 16.8. The number of rotatable bonds is 11. The molecule has 1 aromatic rings. The van der Waals surface area contributed by atoms with Crippen LogP contribution in [0.25, 0.3) is 0 Å². The van der Waals surface area contributed by atoms with Gasteiger partial charge in [-0.05, 0) is 37.8 Å². The van der Waals surface area contributed by atoms with E-state index in [9.17, 15) is 13.2 Å². The van der Waals surface area contributed by atoms with Crippen molar-refractivity contribution < 1.29 is 13.2 Å². The second-order valence-electron chi connectivity index (χ2n) is 6.98. The zero-order valence-corrected chi connectivity index (χ0v) is 17.6. The maximum atomic E-state index is 12.8. The third-order valence-electron chi connectivity index (χ3n) is 4.73. The van der Waals surface area contributed by atoms with E-state index in [-0.39, 0.29) is 5.91 Å². The van der Waals surface area contributed by atoms with Gasteiger partial charge in [0.05, 0.1) is 11.9 Å². The Bertz CT molecular complexity index is 656. The van der Waals surface area contributed by atoms with Crippen molar-refractivity contribution in [1.29, 1.82) is 0 Å². The van der Waals surface area contributed by atoms with Crippen LogP contribution < -0.4 is 9.62 Å². The Hall–Kier alpha value is -1.56. The largest absolute Gasteiger partial charge is 0.354 e. The minimum atomic E-state index is -3.57. The fourth-order valence-corrected chi connectivity index (χ4v) is 4.27. The number of hydrogen-bond acceptors (Lipinski definition) is 3. The molecule has 1 aromatic carbocycles. The van der Waals surface area contributed by atoms with Crippen LogP contribution >= 0.6 is 0 Å². The molecule has 0 aliphatic rings. The molecule has 0 fully saturated rings. The topological polar surface area (TPSA) is 66.5 Å². The van der Waals surface area contributed by atoms with Gasteiger partial charge in [0, 0.05) is 6.54 Å². The Labute approximate surface area is 159 Å². The molecule has 0 aromatic heterocycles. The van der Waals surface area contributed by atoms with Crippen LogP contribution in [0.1, 0.15) is 58.4 Å². The lowest BCUT2D eigenvalue weighted by molar-refractivity contribution is -0.122. The lowest BCUT2D eigenvalue weighted by Gasteiger charge is -2.30. The molecule has 2 atom stereocenters. The van der Waals surface area contributed by atoms with Gasteiger partial charge in [0.25, 0.3) is 0 Å². The molecule has 0 saturated heterocycles. The van der Waals surface area contributed by atoms with Gasteiger partial charge in [-0.15, -0.1) is 0 Å². The molecule has 1 rings (SSSR count). The van der Waals surface area contributed by atoms with E-state index in [1.54, 1.807) is 12.1 Å². The molecule has 1 N–H and O–H groups in total. The van der Waals surface area contributed by atoms with Crippen LogP contribution in [0.5, 0.6) is 0 Å². The van der Waals surface area contributed by atoms with Crippen molar-refractivity contribution in [3.05, 3.63) is 29.8 Å². The summed E-state index contributed by atoms with van der Waals surface area (Å²) >= 11 is 0. The summed E-state index contributed by atoms with van der Waals surface area (Å²) in [7, 11) is -3.57. The first-order chi connectivity index (χ1) is 12.2. The molecular formula is C20H34N2O3S. The monoisotopic (exact) mass is 382 g/mol. The van der Waals surface area contributed by atoms with E-state index in [1.165, 1.54) is 4.31 Å². The molecular weight excluding hydrogens is 348 g/mol. The van der Waals surface area contributed by atoms with E-state index in [1.807, 2.05) is 26.0 Å². The third kappa shape index (κ3) is 6.63. The van der Waals surface area contributed by atoms with Crippen molar-refractivity contribution in [1.82, 2.24) is 5.32 Å². The summed E-state index contributed by atoms with van der Waals surface area (Å²) in [6.45, 7) is 8.66. The molecule has 0 saturated carbocycles. The highest BCUT2D eigenvalue weighted by Crippen LogP contribution is 2.23. The van der Waals surface area contributed by atoms with Crippen LogP contribution in [0.4, 0.5) is 5.69 Å². The number of carbonyl (C=O) groups is 1. The second kappa shape index (κ2) is 10.6. The highest BCUT2D eigenvalue weighted by atomic mass is 32.2. The summed E-state index contributed by atoms with van der Waals surface area (Å²) in [4.78, 5) is 12.8. The number of hydrogen-bond donors (Lipinski definition) is 1. The van der Waals surface area contributed by atoms with Gasteiger partial charge in [0.1, 0.15) is 6.04 Å². The van der Waals surface area contributed by atoms with Crippen LogP contribution in [0.3, 0.4) is 0 Å². The molecule has 0 bridgehead atoms. The van der Waals surface area contributed by atoms with Crippen LogP contribution in [0.2, 0.25) is 0 Å². The van der Waals surface area contributed by atoms with Crippen LogP contribution in [-0.4, -0.2) is 33.2 Å². The van der Waals surface area contributed by atoms with Crippen molar-refractivity contribution in [2.45, 2.75) is 65.8 Å². The van der Waals surface area contributed by atoms with Crippen molar-refractivity contribution in [2.75, 3.05) is 17.1 Å². The van der Waals surface area contributed by atoms with E-state index < -0.39 is 16.1 Å². The van der Waals surface area contributed by atoms with Crippen molar-refractivity contribution in [3.63, 3.8) is 0 Å². The number of anilines is 1. The summed E-state index contributed by atoms with van der Waals surface area (Å²) in [5, 5.41) is 2.98. The van der Waals surface area contributed by atoms with Gasteiger partial charge < -0.3 is 5.32 Å². The molecule has 0 aliphatic heterocycles. The first-order valence-corrected chi connectivity index (χ1v) is 11.4. The summed E-state index contributed by atoms with van der Waals surface area (Å²) < 4.78 is 26.1. The predicted octanol–water partition coefficient (Wildman–Crippen LogP) is 3.87. The van der Waals surface area contributed by atoms with Crippen LogP contribution in [0.15, 0.2) is 24.3 Å². The molecule has 5 nitrogen and oxygen atoms in total. The molecule has 26 heavy (non-hydrogen) atoms. The maximum absolute atomic E-state index is 12.8. The van der Waals surface area contributed by atoms with Crippen LogP contribution in [-0.2, 0) is 14.8 Å². The average molecular weight is 383 g/mol. The molecule has 0 radical (unpaired) electrons. The molecule has 1 amide bonds. The number of nitrogens with zero attached hydrogens (tertiary/aromatic N) is 1. The Morgan fingerprint density at radius 3 is 2.19 bits per heavy atom. The number of nitrogens with one attached hydrogen (secondary N) is 1. The molecule has 0 unspecified atom stereocenters. The van der Waals surface area contributed by atoms with Crippen molar-refractivity contribution in [2.24, 2.45) is 5.92 Å². The summed E-state index contributed by atoms with van der Waals surface area (Å²) in [5.41, 5.74) is 1.57. The first kappa shape index (κ1) is 22.5. The highest BCUT2D eigenvalue weighted by Gasteiger charge is 2.31. The van der Waals surface area contributed by atoms with Gasteiger partial charge in [-0.2, -0.15) is 0 Å². The van der Waals surface area contributed by atoms with Gasteiger partial charge >= 0.3 is 0 Å². The number of benzene rings is 1. The first-order valence-electron chi connectivity index (χ1n) is 9.58. The van der Waals surface area contributed by atoms with Gasteiger partial charge in [-0.3, -0.25) is 9.10 Å². The number of carbonyl (C=O) groups excluding carboxylic acids is 1. The SMILES string of the molecule is CCCC[C@H](CC)CNC(=O)[C@H](CC)N(c1ccc(C)cc1)S(C)(=O)=O. The smallest absolute Gasteiger partial charge is 0.243 e. The molecule has 0 spiro atoms. The fourth-order valence-electron chi connectivity index (χ4n) is 3.06. The zero-order chi connectivity index (χ0) is 19.7. The van der Waals surface area contributed by atoms with E-state index >= 15 is 0 Å². The van der Waals surface area contributed by atoms with Crippen molar-refractivity contribution >= 4 is 21.6 Å². The second-order valence-corrected chi connectivity index (χ2v) is 8.84. The van der Waals surface area contributed by atoms with Gasteiger partial charge in [0.15, 0.2) is 0 Å². The summed E-state index contributed by atoms with van der Waals surface area (Å²) in [6, 6.07) is 6.48. The quantitative estimate of drug-likeness (QED) is 0.632. The predicted molar refractivity (Wildman–Crippen MR) is 109 cm³/mol. The Morgan fingerprint density at radius 2 is 1.73 bits per heavy atom. The molecule has 0 heterocycles. The van der Waals surface area contributed by atoms with Gasteiger partial charge in [0.2, 0.25) is 15.9 Å².